The van der Waals surface area contributed by atoms with E-state index in [0.29, 0.717) is 49.7 Å². The molecule has 0 unspecified atom stereocenters. The Morgan fingerprint density at radius 3 is 2.54 bits per heavy atom. The van der Waals surface area contributed by atoms with Crippen LogP contribution in [0.3, 0.4) is 0 Å². The van der Waals surface area contributed by atoms with Gasteiger partial charge in [-0.2, -0.15) is 5.26 Å². The first-order chi connectivity index (χ1) is 13.6. The molecule has 0 radical (unpaired) electrons. The lowest BCUT2D eigenvalue weighted by atomic mass is 9.73. The summed E-state index contributed by atoms with van der Waals surface area (Å²) in [4.78, 5) is 13.3. The smallest absolute Gasteiger partial charge is 0.235 e. The Labute approximate surface area is 165 Å². The summed E-state index contributed by atoms with van der Waals surface area (Å²) < 4.78 is 16.2. The predicted molar refractivity (Wildman–Crippen MR) is 106 cm³/mol. The molecule has 6 heteroatoms. The molecule has 0 bridgehead atoms. The normalized spacial score (nSPS) is 15.3. The van der Waals surface area contributed by atoms with Crippen LogP contribution < -0.4 is 14.8 Å². The Balaban J connectivity index is 1.89. The highest BCUT2D eigenvalue weighted by Crippen LogP contribution is 2.37. The maximum absolute atomic E-state index is 13.3. The van der Waals surface area contributed by atoms with Gasteiger partial charge in [0.15, 0.2) is 0 Å². The molecule has 1 saturated heterocycles. The third kappa shape index (κ3) is 3.95. The maximum Gasteiger partial charge on any atom is 0.235 e. The molecule has 1 aliphatic rings. The van der Waals surface area contributed by atoms with E-state index in [2.05, 4.69) is 11.4 Å². The van der Waals surface area contributed by atoms with E-state index in [1.54, 1.807) is 25.3 Å². The molecule has 1 amide bonds. The molecule has 0 spiro atoms. The number of nitrogens with zero attached hydrogens (tertiary/aromatic N) is 1. The molecule has 3 rings (SSSR count). The average molecular weight is 380 g/mol. The van der Waals surface area contributed by atoms with Crippen molar-refractivity contribution in [3.05, 3.63) is 53.6 Å². The van der Waals surface area contributed by atoms with E-state index in [1.807, 2.05) is 31.2 Å². The molecule has 0 saturated carbocycles. The number of nitriles is 1. The summed E-state index contributed by atoms with van der Waals surface area (Å²) in [6.07, 6.45) is 1.18. The van der Waals surface area contributed by atoms with Crippen molar-refractivity contribution in [2.75, 3.05) is 32.2 Å². The predicted octanol–water partition coefficient (Wildman–Crippen LogP) is 3.65. The molecule has 1 heterocycles. The number of hydrogen-bond acceptors (Lipinski definition) is 5. The fourth-order valence-corrected chi connectivity index (χ4v) is 3.50. The lowest BCUT2D eigenvalue weighted by Gasteiger charge is -2.36. The molecule has 0 aliphatic carbocycles. The quantitative estimate of drug-likeness (QED) is 0.827. The number of amides is 1. The topological polar surface area (TPSA) is 80.6 Å². The van der Waals surface area contributed by atoms with E-state index < -0.39 is 5.41 Å². The molecule has 1 fully saturated rings. The summed E-state index contributed by atoms with van der Waals surface area (Å²) in [6.45, 7) is 3.37. The van der Waals surface area contributed by atoms with Crippen LogP contribution in [-0.2, 0) is 14.9 Å². The number of ether oxygens (including phenoxy) is 3. The number of methoxy groups -OCH3 is 1. The second-order valence-electron chi connectivity index (χ2n) is 6.63. The number of anilines is 1. The first-order valence-corrected chi connectivity index (χ1v) is 9.33. The van der Waals surface area contributed by atoms with Crippen LogP contribution in [0.2, 0.25) is 0 Å². The highest BCUT2D eigenvalue weighted by atomic mass is 16.5. The van der Waals surface area contributed by atoms with Crippen molar-refractivity contribution in [2.24, 2.45) is 0 Å². The van der Waals surface area contributed by atoms with Gasteiger partial charge in [0.25, 0.3) is 0 Å². The summed E-state index contributed by atoms with van der Waals surface area (Å²) >= 11 is 0. The van der Waals surface area contributed by atoms with Crippen LogP contribution in [0.4, 0.5) is 5.69 Å². The van der Waals surface area contributed by atoms with Crippen LogP contribution in [-0.4, -0.2) is 32.8 Å². The number of nitrogens with one attached hydrogen (secondary N) is 1. The van der Waals surface area contributed by atoms with Crippen LogP contribution in [0, 0.1) is 11.3 Å². The SMILES string of the molecule is CCOc1ccc(NC(=O)C2(c3ccc(OC)cc3)CCOCC2)cc1C#N. The summed E-state index contributed by atoms with van der Waals surface area (Å²) in [6, 6.07) is 14.8. The summed E-state index contributed by atoms with van der Waals surface area (Å²) in [7, 11) is 1.62. The second-order valence-corrected chi connectivity index (χ2v) is 6.63. The van der Waals surface area contributed by atoms with Crippen molar-refractivity contribution >= 4 is 11.6 Å². The Bertz CT molecular complexity index is 865. The second kappa shape index (κ2) is 8.77. The molecular weight excluding hydrogens is 356 g/mol. The monoisotopic (exact) mass is 380 g/mol. The van der Waals surface area contributed by atoms with Gasteiger partial charge in [-0.05, 0) is 55.7 Å². The molecule has 0 atom stereocenters. The van der Waals surface area contributed by atoms with Gasteiger partial charge in [0.05, 0.1) is 24.7 Å². The Hall–Kier alpha value is -3.04. The molecule has 2 aromatic carbocycles. The lowest BCUT2D eigenvalue weighted by molar-refractivity contribution is -0.125. The minimum Gasteiger partial charge on any atom is -0.497 e. The molecule has 2 aromatic rings. The molecule has 0 aromatic heterocycles. The molecule has 146 valence electrons. The fraction of sp³-hybridized carbons (Fsp3) is 0.364. The van der Waals surface area contributed by atoms with Gasteiger partial charge in [0.2, 0.25) is 5.91 Å². The molecule has 1 N–H and O–H groups in total. The van der Waals surface area contributed by atoms with E-state index in [1.165, 1.54) is 0 Å². The highest BCUT2D eigenvalue weighted by molar-refractivity contribution is 5.99. The van der Waals surface area contributed by atoms with Gasteiger partial charge in [-0.25, -0.2) is 0 Å². The number of hydrogen-bond donors (Lipinski definition) is 1. The van der Waals surface area contributed by atoms with Gasteiger partial charge in [-0.3, -0.25) is 4.79 Å². The number of carbonyl (C=O) groups is 1. The van der Waals surface area contributed by atoms with E-state index in [-0.39, 0.29) is 5.91 Å². The third-order valence-electron chi connectivity index (χ3n) is 5.08. The van der Waals surface area contributed by atoms with Crippen LogP contribution in [0.25, 0.3) is 0 Å². The molecule has 28 heavy (non-hydrogen) atoms. The van der Waals surface area contributed by atoms with Gasteiger partial charge in [0.1, 0.15) is 17.6 Å². The maximum atomic E-state index is 13.3. The number of benzene rings is 2. The summed E-state index contributed by atoms with van der Waals surface area (Å²) in [5.41, 5.74) is 1.21. The molecule has 6 nitrogen and oxygen atoms in total. The molecular formula is C22H24N2O4. The van der Waals surface area contributed by atoms with Crippen molar-refractivity contribution in [3.63, 3.8) is 0 Å². The zero-order valence-corrected chi connectivity index (χ0v) is 16.2. The Morgan fingerprint density at radius 1 is 1.21 bits per heavy atom. The highest BCUT2D eigenvalue weighted by Gasteiger charge is 2.41. The lowest BCUT2D eigenvalue weighted by Crippen LogP contribution is -2.44. The van der Waals surface area contributed by atoms with E-state index in [4.69, 9.17) is 14.2 Å². The van der Waals surface area contributed by atoms with Crippen molar-refractivity contribution in [1.82, 2.24) is 0 Å². The van der Waals surface area contributed by atoms with E-state index >= 15 is 0 Å². The summed E-state index contributed by atoms with van der Waals surface area (Å²) in [5, 5.41) is 12.4. The number of rotatable bonds is 6. The first-order valence-electron chi connectivity index (χ1n) is 9.33. The minimum atomic E-state index is -0.685. The standard InChI is InChI=1S/C22H24N2O4/c1-3-28-20-9-6-18(14-16(20)15-23)24-21(25)22(10-12-27-13-11-22)17-4-7-19(26-2)8-5-17/h4-9,14H,3,10-13H2,1-2H3,(H,24,25). The van der Waals surface area contributed by atoms with E-state index in [0.717, 1.165) is 11.3 Å². The van der Waals surface area contributed by atoms with Gasteiger partial charge in [-0.1, -0.05) is 12.1 Å². The van der Waals surface area contributed by atoms with Crippen molar-refractivity contribution in [3.8, 4) is 17.6 Å². The van der Waals surface area contributed by atoms with E-state index in [9.17, 15) is 10.1 Å². The largest absolute Gasteiger partial charge is 0.497 e. The van der Waals surface area contributed by atoms with Crippen molar-refractivity contribution < 1.29 is 19.0 Å². The fourth-order valence-electron chi connectivity index (χ4n) is 3.50. The third-order valence-corrected chi connectivity index (χ3v) is 5.08. The minimum absolute atomic E-state index is 0.103. The Kier molecular flexibility index (Phi) is 6.17. The van der Waals surface area contributed by atoms with Crippen molar-refractivity contribution in [2.45, 2.75) is 25.2 Å². The van der Waals surface area contributed by atoms with Crippen LogP contribution in [0.15, 0.2) is 42.5 Å². The van der Waals surface area contributed by atoms with Gasteiger partial charge in [0, 0.05) is 18.9 Å². The first kappa shape index (κ1) is 19.7. The Morgan fingerprint density at radius 2 is 1.93 bits per heavy atom. The zero-order chi connectivity index (χ0) is 20.0. The molecule has 1 aliphatic heterocycles. The van der Waals surface area contributed by atoms with Gasteiger partial charge in [-0.15, -0.1) is 0 Å². The van der Waals surface area contributed by atoms with Crippen LogP contribution in [0.1, 0.15) is 30.9 Å². The van der Waals surface area contributed by atoms with Gasteiger partial charge >= 0.3 is 0 Å². The average Bonchev–Trinajstić information content (AvgIpc) is 2.75. The summed E-state index contributed by atoms with van der Waals surface area (Å²) in [5.74, 6) is 1.16. The van der Waals surface area contributed by atoms with Crippen molar-refractivity contribution in [1.29, 1.82) is 5.26 Å². The zero-order valence-electron chi connectivity index (χ0n) is 16.2. The van der Waals surface area contributed by atoms with Gasteiger partial charge < -0.3 is 19.5 Å². The van der Waals surface area contributed by atoms with Crippen LogP contribution in [0.5, 0.6) is 11.5 Å². The van der Waals surface area contributed by atoms with Crippen LogP contribution >= 0.6 is 0 Å². The number of carbonyl (C=O) groups excluding carboxylic acids is 1.